The van der Waals surface area contributed by atoms with Gasteiger partial charge < -0.3 is 5.32 Å². The van der Waals surface area contributed by atoms with Crippen LogP contribution in [0.15, 0.2) is 30.3 Å². The predicted octanol–water partition coefficient (Wildman–Crippen LogP) is 3.65. The maximum absolute atomic E-state index is 13.2. The minimum Gasteiger partial charge on any atom is -0.306 e. The van der Waals surface area contributed by atoms with E-state index in [-0.39, 0.29) is 0 Å². The molecule has 0 bridgehead atoms. The third-order valence-corrected chi connectivity index (χ3v) is 2.56. The van der Waals surface area contributed by atoms with Gasteiger partial charge in [-0.2, -0.15) is 0 Å². The van der Waals surface area contributed by atoms with E-state index in [1.807, 2.05) is 30.3 Å². The van der Waals surface area contributed by atoms with E-state index in [4.69, 9.17) is 11.6 Å². The Morgan fingerprint density at radius 2 is 2.00 bits per heavy atom. The lowest BCUT2D eigenvalue weighted by Crippen LogP contribution is -2.27. The fourth-order valence-electron chi connectivity index (χ4n) is 1.45. The van der Waals surface area contributed by atoms with E-state index in [9.17, 15) is 4.39 Å². The molecule has 1 aromatic carbocycles. The number of rotatable bonds is 6. The first-order valence-corrected chi connectivity index (χ1v) is 5.75. The molecule has 0 saturated heterocycles. The van der Waals surface area contributed by atoms with Crippen LogP contribution >= 0.6 is 11.6 Å². The van der Waals surface area contributed by atoms with Crippen molar-refractivity contribution < 1.29 is 4.39 Å². The molecule has 0 aromatic heterocycles. The number of benzene rings is 1. The quantitative estimate of drug-likeness (QED) is 0.580. The summed E-state index contributed by atoms with van der Waals surface area (Å²) in [5.74, 6) is 0. The Morgan fingerprint density at radius 1 is 1.33 bits per heavy atom. The van der Waals surface area contributed by atoms with Crippen LogP contribution in [0.25, 0.3) is 0 Å². The number of hydrogen-bond acceptors (Lipinski definition) is 1. The third kappa shape index (κ3) is 4.18. The Labute approximate surface area is 95.6 Å². The van der Waals surface area contributed by atoms with Gasteiger partial charge in [-0.3, -0.25) is 0 Å². The van der Waals surface area contributed by atoms with Gasteiger partial charge in [-0.25, -0.2) is 4.39 Å². The fourth-order valence-corrected chi connectivity index (χ4v) is 1.68. The van der Waals surface area contributed by atoms with Gasteiger partial charge in [-0.05, 0) is 18.5 Å². The Bertz CT molecular complexity index is 264. The molecule has 1 aromatic rings. The molecular weight excluding hydrogens is 213 g/mol. The second-order valence-electron chi connectivity index (χ2n) is 3.53. The normalized spacial score (nSPS) is 14.9. The molecule has 0 spiro atoms. The molecule has 0 amide bonds. The highest BCUT2D eigenvalue weighted by molar-refractivity contribution is 6.20. The molecule has 3 heteroatoms. The van der Waals surface area contributed by atoms with E-state index in [1.165, 1.54) is 0 Å². The van der Waals surface area contributed by atoms with Crippen molar-refractivity contribution >= 4 is 11.6 Å². The molecule has 0 heterocycles. The van der Waals surface area contributed by atoms with Crippen molar-refractivity contribution in [2.75, 3.05) is 6.54 Å². The summed E-state index contributed by atoms with van der Waals surface area (Å²) in [5, 5.41) is 3.13. The molecule has 1 nitrogen and oxygen atoms in total. The standard InChI is InChI=1S/C12H17ClFN/c1-2-3-9-15-11(12(13)14)10-7-5-4-6-8-10/h4-8,11-12,15H,2-3,9H2,1H3. The van der Waals surface area contributed by atoms with Crippen molar-refractivity contribution in [2.45, 2.75) is 31.4 Å². The average Bonchev–Trinajstić information content (AvgIpc) is 2.25. The summed E-state index contributed by atoms with van der Waals surface area (Å²) in [6.07, 6.45) is 2.13. The van der Waals surface area contributed by atoms with Gasteiger partial charge in [-0.15, -0.1) is 0 Å². The van der Waals surface area contributed by atoms with E-state index in [1.54, 1.807) is 0 Å². The Kier molecular flexibility index (Phi) is 5.66. The van der Waals surface area contributed by atoms with Crippen LogP contribution in [0.4, 0.5) is 4.39 Å². The lowest BCUT2D eigenvalue weighted by molar-refractivity contribution is 0.337. The molecule has 1 rings (SSSR count). The first-order valence-electron chi connectivity index (χ1n) is 5.32. The third-order valence-electron chi connectivity index (χ3n) is 2.31. The van der Waals surface area contributed by atoms with E-state index < -0.39 is 11.7 Å². The molecule has 0 aliphatic carbocycles. The highest BCUT2D eigenvalue weighted by Crippen LogP contribution is 2.21. The number of alkyl halides is 2. The highest BCUT2D eigenvalue weighted by atomic mass is 35.5. The summed E-state index contributed by atoms with van der Waals surface area (Å²) in [7, 11) is 0. The van der Waals surface area contributed by atoms with Gasteiger partial charge in [-0.1, -0.05) is 55.3 Å². The summed E-state index contributed by atoms with van der Waals surface area (Å²) in [5.41, 5.74) is -0.486. The van der Waals surface area contributed by atoms with Crippen LogP contribution in [0.5, 0.6) is 0 Å². The lowest BCUT2D eigenvalue weighted by Gasteiger charge is -2.18. The van der Waals surface area contributed by atoms with Gasteiger partial charge in [0.1, 0.15) is 0 Å². The maximum atomic E-state index is 13.2. The summed E-state index contributed by atoms with van der Waals surface area (Å²) >= 11 is 5.53. The molecule has 2 atom stereocenters. The van der Waals surface area contributed by atoms with E-state index in [2.05, 4.69) is 12.2 Å². The number of hydrogen-bond donors (Lipinski definition) is 1. The number of unbranched alkanes of at least 4 members (excludes halogenated alkanes) is 1. The zero-order chi connectivity index (χ0) is 11.1. The molecule has 15 heavy (non-hydrogen) atoms. The first kappa shape index (κ1) is 12.5. The van der Waals surface area contributed by atoms with Crippen molar-refractivity contribution in [1.82, 2.24) is 5.32 Å². The molecule has 0 aliphatic heterocycles. The van der Waals surface area contributed by atoms with Crippen LogP contribution in [-0.4, -0.2) is 12.2 Å². The smallest absolute Gasteiger partial charge is 0.192 e. The van der Waals surface area contributed by atoms with Gasteiger partial charge in [0.15, 0.2) is 5.63 Å². The summed E-state index contributed by atoms with van der Waals surface area (Å²) in [4.78, 5) is 0. The summed E-state index contributed by atoms with van der Waals surface area (Å²) in [6.45, 7) is 2.90. The van der Waals surface area contributed by atoms with Gasteiger partial charge in [0.25, 0.3) is 0 Å². The van der Waals surface area contributed by atoms with Crippen molar-refractivity contribution in [3.8, 4) is 0 Å². The monoisotopic (exact) mass is 229 g/mol. The van der Waals surface area contributed by atoms with Crippen LogP contribution < -0.4 is 5.32 Å². The van der Waals surface area contributed by atoms with Gasteiger partial charge >= 0.3 is 0 Å². The van der Waals surface area contributed by atoms with Crippen LogP contribution in [0, 0.1) is 0 Å². The summed E-state index contributed by atoms with van der Waals surface area (Å²) < 4.78 is 13.2. The first-order chi connectivity index (χ1) is 7.25. The predicted molar refractivity (Wildman–Crippen MR) is 62.8 cm³/mol. The molecule has 0 radical (unpaired) electrons. The molecule has 0 fully saturated rings. The largest absolute Gasteiger partial charge is 0.306 e. The molecule has 0 aliphatic rings. The maximum Gasteiger partial charge on any atom is 0.192 e. The number of halogens is 2. The zero-order valence-electron chi connectivity index (χ0n) is 8.92. The highest BCUT2D eigenvalue weighted by Gasteiger charge is 2.19. The fraction of sp³-hybridized carbons (Fsp3) is 0.500. The van der Waals surface area contributed by atoms with E-state index in [0.717, 1.165) is 24.9 Å². The lowest BCUT2D eigenvalue weighted by atomic mass is 10.1. The van der Waals surface area contributed by atoms with Gasteiger partial charge in [0, 0.05) is 0 Å². The van der Waals surface area contributed by atoms with Crippen molar-refractivity contribution in [1.29, 1.82) is 0 Å². The van der Waals surface area contributed by atoms with Crippen molar-refractivity contribution in [3.63, 3.8) is 0 Å². The number of nitrogens with one attached hydrogen (secondary N) is 1. The zero-order valence-corrected chi connectivity index (χ0v) is 9.67. The Balaban J connectivity index is 2.58. The Morgan fingerprint density at radius 3 is 2.53 bits per heavy atom. The molecule has 84 valence electrons. The SMILES string of the molecule is CCCCNC(c1ccccc1)C(F)Cl. The van der Waals surface area contributed by atoms with E-state index >= 15 is 0 Å². The minimum absolute atomic E-state index is 0.403. The van der Waals surface area contributed by atoms with Crippen molar-refractivity contribution in [3.05, 3.63) is 35.9 Å². The summed E-state index contributed by atoms with van der Waals surface area (Å²) in [6, 6.07) is 9.07. The average molecular weight is 230 g/mol. The Hall–Kier alpha value is -0.600. The topological polar surface area (TPSA) is 12.0 Å². The van der Waals surface area contributed by atoms with E-state index in [0.29, 0.717) is 0 Å². The van der Waals surface area contributed by atoms with Gasteiger partial charge in [0.2, 0.25) is 0 Å². The second kappa shape index (κ2) is 6.81. The second-order valence-corrected chi connectivity index (χ2v) is 3.95. The minimum atomic E-state index is -1.38. The molecular formula is C12H17ClFN. The molecule has 0 saturated carbocycles. The molecule has 1 N–H and O–H groups in total. The van der Waals surface area contributed by atoms with Crippen molar-refractivity contribution in [2.24, 2.45) is 0 Å². The molecule has 2 unspecified atom stereocenters. The van der Waals surface area contributed by atoms with Crippen LogP contribution in [0.2, 0.25) is 0 Å². The van der Waals surface area contributed by atoms with Crippen LogP contribution in [0.1, 0.15) is 31.4 Å². The van der Waals surface area contributed by atoms with Crippen LogP contribution in [-0.2, 0) is 0 Å². The van der Waals surface area contributed by atoms with Gasteiger partial charge in [0.05, 0.1) is 6.04 Å². The van der Waals surface area contributed by atoms with Crippen LogP contribution in [0.3, 0.4) is 0 Å².